The number of nitrogens with two attached hydrogens (primary N) is 1. The van der Waals surface area contributed by atoms with Crippen molar-refractivity contribution in [2.24, 2.45) is 5.73 Å². The molecule has 2 N–H and O–H groups in total. The summed E-state index contributed by atoms with van der Waals surface area (Å²) in [6.07, 6.45) is 0. The SMILES string of the molecule is COc1cccc(-c2ccc(CN)s2)c1. The molecule has 2 nitrogen and oxygen atoms in total. The highest BCUT2D eigenvalue weighted by molar-refractivity contribution is 7.15. The molecule has 1 heterocycles. The Kier molecular flexibility index (Phi) is 3.04. The number of ether oxygens (including phenoxy) is 1. The van der Waals surface area contributed by atoms with Crippen LogP contribution in [-0.2, 0) is 6.54 Å². The Morgan fingerprint density at radius 2 is 2.13 bits per heavy atom. The molecule has 0 aliphatic carbocycles. The molecule has 0 saturated carbocycles. The van der Waals surface area contributed by atoms with Gasteiger partial charge in [0.15, 0.2) is 0 Å². The Balaban J connectivity index is 2.35. The summed E-state index contributed by atoms with van der Waals surface area (Å²) in [7, 11) is 1.68. The molecule has 1 aromatic carbocycles. The third kappa shape index (κ3) is 2.19. The molecule has 15 heavy (non-hydrogen) atoms. The van der Waals surface area contributed by atoms with Gasteiger partial charge in [0, 0.05) is 16.3 Å². The molecule has 1 aromatic heterocycles. The molecule has 3 heteroatoms. The Hall–Kier alpha value is -1.32. The molecule has 0 saturated heterocycles. The molecule has 0 bridgehead atoms. The van der Waals surface area contributed by atoms with Crippen LogP contribution in [0.2, 0.25) is 0 Å². The first-order valence-electron chi connectivity index (χ1n) is 4.76. The molecule has 0 aliphatic heterocycles. The molecule has 0 amide bonds. The maximum absolute atomic E-state index is 5.58. The van der Waals surface area contributed by atoms with E-state index in [4.69, 9.17) is 10.5 Å². The largest absolute Gasteiger partial charge is 0.497 e. The van der Waals surface area contributed by atoms with Crippen molar-refractivity contribution in [3.05, 3.63) is 41.3 Å². The van der Waals surface area contributed by atoms with Gasteiger partial charge in [-0.25, -0.2) is 0 Å². The average molecular weight is 219 g/mol. The summed E-state index contributed by atoms with van der Waals surface area (Å²) in [6, 6.07) is 12.2. The van der Waals surface area contributed by atoms with Crippen molar-refractivity contribution in [3.8, 4) is 16.2 Å². The first-order chi connectivity index (χ1) is 7.33. The van der Waals surface area contributed by atoms with Gasteiger partial charge in [0.2, 0.25) is 0 Å². The number of hydrogen-bond acceptors (Lipinski definition) is 3. The second-order valence-corrected chi connectivity index (χ2v) is 4.37. The molecule has 0 fully saturated rings. The maximum Gasteiger partial charge on any atom is 0.119 e. The Morgan fingerprint density at radius 3 is 2.80 bits per heavy atom. The lowest BCUT2D eigenvalue weighted by Gasteiger charge is -2.01. The van der Waals surface area contributed by atoms with Gasteiger partial charge in [0.1, 0.15) is 5.75 Å². The van der Waals surface area contributed by atoms with Crippen molar-refractivity contribution >= 4 is 11.3 Å². The van der Waals surface area contributed by atoms with Crippen LogP contribution in [0.15, 0.2) is 36.4 Å². The van der Waals surface area contributed by atoms with Crippen molar-refractivity contribution in [2.45, 2.75) is 6.54 Å². The van der Waals surface area contributed by atoms with Gasteiger partial charge in [-0.3, -0.25) is 0 Å². The zero-order valence-electron chi connectivity index (χ0n) is 8.57. The number of thiophene rings is 1. The molecule has 2 rings (SSSR count). The summed E-state index contributed by atoms with van der Waals surface area (Å²) >= 11 is 1.72. The summed E-state index contributed by atoms with van der Waals surface area (Å²) in [5, 5.41) is 0. The second-order valence-electron chi connectivity index (χ2n) is 3.20. The Morgan fingerprint density at radius 1 is 1.27 bits per heavy atom. The lowest BCUT2D eigenvalue weighted by molar-refractivity contribution is 0.415. The molecule has 0 aliphatic rings. The number of methoxy groups -OCH3 is 1. The molecule has 0 unspecified atom stereocenters. The van der Waals surface area contributed by atoms with Crippen LogP contribution in [0.5, 0.6) is 5.75 Å². The van der Waals surface area contributed by atoms with Crippen LogP contribution in [0.1, 0.15) is 4.88 Å². The van der Waals surface area contributed by atoms with Crippen LogP contribution in [0.25, 0.3) is 10.4 Å². The van der Waals surface area contributed by atoms with Crippen molar-refractivity contribution in [2.75, 3.05) is 7.11 Å². The molecular weight excluding hydrogens is 206 g/mol. The van der Waals surface area contributed by atoms with Crippen LogP contribution in [0, 0.1) is 0 Å². The average Bonchev–Trinajstić information content (AvgIpc) is 2.78. The molecule has 2 aromatic rings. The molecule has 78 valence electrons. The lowest BCUT2D eigenvalue weighted by atomic mass is 10.2. The van der Waals surface area contributed by atoms with E-state index in [1.165, 1.54) is 15.3 Å². The second kappa shape index (κ2) is 4.47. The van der Waals surface area contributed by atoms with E-state index in [2.05, 4.69) is 18.2 Å². The Labute approximate surface area is 93.3 Å². The Bertz CT molecular complexity index is 450. The minimum atomic E-state index is 0.606. The monoisotopic (exact) mass is 219 g/mol. The third-order valence-electron chi connectivity index (χ3n) is 2.22. The predicted octanol–water partition coefficient (Wildman–Crippen LogP) is 2.88. The van der Waals surface area contributed by atoms with Crippen molar-refractivity contribution < 1.29 is 4.74 Å². The zero-order valence-corrected chi connectivity index (χ0v) is 9.38. The van der Waals surface area contributed by atoms with Gasteiger partial charge >= 0.3 is 0 Å². The van der Waals surface area contributed by atoms with Gasteiger partial charge < -0.3 is 10.5 Å². The van der Waals surface area contributed by atoms with Crippen LogP contribution in [0.3, 0.4) is 0 Å². The highest BCUT2D eigenvalue weighted by atomic mass is 32.1. The minimum Gasteiger partial charge on any atom is -0.497 e. The van der Waals surface area contributed by atoms with E-state index in [1.54, 1.807) is 18.4 Å². The van der Waals surface area contributed by atoms with Crippen LogP contribution in [0.4, 0.5) is 0 Å². The van der Waals surface area contributed by atoms with E-state index >= 15 is 0 Å². The normalized spacial score (nSPS) is 10.3. The van der Waals surface area contributed by atoms with Gasteiger partial charge in [0.25, 0.3) is 0 Å². The van der Waals surface area contributed by atoms with Gasteiger partial charge in [0.05, 0.1) is 7.11 Å². The van der Waals surface area contributed by atoms with E-state index in [9.17, 15) is 0 Å². The van der Waals surface area contributed by atoms with Crippen LogP contribution < -0.4 is 10.5 Å². The summed E-state index contributed by atoms with van der Waals surface area (Å²) in [5.41, 5.74) is 6.76. The third-order valence-corrected chi connectivity index (χ3v) is 3.37. The van der Waals surface area contributed by atoms with Crippen LogP contribution in [-0.4, -0.2) is 7.11 Å². The zero-order chi connectivity index (χ0) is 10.7. The van der Waals surface area contributed by atoms with E-state index in [-0.39, 0.29) is 0 Å². The summed E-state index contributed by atoms with van der Waals surface area (Å²) in [6.45, 7) is 0.606. The van der Waals surface area contributed by atoms with Gasteiger partial charge in [-0.05, 0) is 29.8 Å². The van der Waals surface area contributed by atoms with Gasteiger partial charge in [-0.2, -0.15) is 0 Å². The summed E-state index contributed by atoms with van der Waals surface area (Å²) in [4.78, 5) is 2.43. The van der Waals surface area contributed by atoms with Gasteiger partial charge in [-0.15, -0.1) is 11.3 Å². The highest BCUT2D eigenvalue weighted by Gasteiger charge is 2.02. The van der Waals surface area contributed by atoms with E-state index in [1.807, 2.05) is 18.2 Å². The first kappa shape index (κ1) is 10.2. The number of benzene rings is 1. The smallest absolute Gasteiger partial charge is 0.119 e. The first-order valence-corrected chi connectivity index (χ1v) is 5.58. The van der Waals surface area contributed by atoms with Crippen molar-refractivity contribution in [3.63, 3.8) is 0 Å². The van der Waals surface area contributed by atoms with Crippen molar-refractivity contribution in [1.82, 2.24) is 0 Å². The fourth-order valence-corrected chi connectivity index (χ4v) is 2.30. The highest BCUT2D eigenvalue weighted by Crippen LogP contribution is 2.29. The molecule has 0 radical (unpaired) electrons. The lowest BCUT2D eigenvalue weighted by Crippen LogP contribution is -1.90. The predicted molar refractivity (Wildman–Crippen MR) is 64.2 cm³/mol. The summed E-state index contributed by atoms with van der Waals surface area (Å²) < 4.78 is 5.19. The van der Waals surface area contributed by atoms with E-state index in [0.717, 1.165) is 5.75 Å². The van der Waals surface area contributed by atoms with Crippen molar-refractivity contribution in [1.29, 1.82) is 0 Å². The van der Waals surface area contributed by atoms with Gasteiger partial charge in [-0.1, -0.05) is 12.1 Å². The molecule has 0 spiro atoms. The molecule has 0 atom stereocenters. The van der Waals surface area contributed by atoms with Crippen LogP contribution >= 0.6 is 11.3 Å². The number of hydrogen-bond donors (Lipinski definition) is 1. The topological polar surface area (TPSA) is 35.2 Å². The minimum absolute atomic E-state index is 0.606. The fraction of sp³-hybridized carbons (Fsp3) is 0.167. The molecular formula is C12H13NOS. The summed E-state index contributed by atoms with van der Waals surface area (Å²) in [5.74, 6) is 0.884. The number of rotatable bonds is 3. The van der Waals surface area contributed by atoms with E-state index in [0.29, 0.717) is 6.54 Å². The standard InChI is InChI=1S/C12H13NOS/c1-14-10-4-2-3-9(7-10)12-6-5-11(8-13)15-12/h2-7H,8,13H2,1H3. The maximum atomic E-state index is 5.58. The quantitative estimate of drug-likeness (QED) is 0.861. The fourth-order valence-electron chi connectivity index (χ4n) is 1.42. The van der Waals surface area contributed by atoms with E-state index < -0.39 is 0 Å².